The van der Waals surface area contributed by atoms with E-state index in [2.05, 4.69) is 15.4 Å². The molecule has 0 spiro atoms. The van der Waals surface area contributed by atoms with Gasteiger partial charge in [0.1, 0.15) is 24.0 Å². The number of hydrazine groups is 1. The summed E-state index contributed by atoms with van der Waals surface area (Å²) in [6.45, 7) is 2.09. The minimum Gasteiger partial charge on any atom is -0.469 e. The van der Waals surface area contributed by atoms with Crippen LogP contribution in [0.1, 0.15) is 11.6 Å². The van der Waals surface area contributed by atoms with Gasteiger partial charge >= 0.3 is 0 Å². The molecule has 84 valence electrons. The number of furan rings is 1. The van der Waals surface area contributed by atoms with Crippen LogP contribution in [-0.4, -0.2) is 9.97 Å². The fraction of sp³-hybridized carbons (Fsp3) is 0.200. The number of nitrogen functional groups attached to an aromatic ring is 1. The molecule has 0 aliphatic heterocycles. The van der Waals surface area contributed by atoms with E-state index in [4.69, 9.17) is 15.0 Å². The maximum Gasteiger partial charge on any atom is 0.219 e. The number of nitrogens with zero attached hydrogens (tertiary/aromatic N) is 2. The van der Waals surface area contributed by atoms with Gasteiger partial charge in [0.15, 0.2) is 0 Å². The van der Waals surface area contributed by atoms with Gasteiger partial charge in [-0.25, -0.2) is 10.8 Å². The monoisotopic (exact) mass is 220 g/mol. The average molecular weight is 220 g/mol. The molecule has 0 radical (unpaired) electrons. The number of aryl methyl sites for hydroxylation is 1. The average Bonchev–Trinajstić information content (AvgIpc) is 2.78. The smallest absolute Gasteiger partial charge is 0.219 e. The molecule has 0 atom stereocenters. The number of rotatable bonds is 4. The molecule has 0 saturated heterocycles. The zero-order valence-electron chi connectivity index (χ0n) is 8.80. The van der Waals surface area contributed by atoms with Gasteiger partial charge in [-0.1, -0.05) is 0 Å². The Kier molecular flexibility index (Phi) is 3.02. The van der Waals surface area contributed by atoms with Crippen LogP contribution < -0.4 is 16.0 Å². The largest absolute Gasteiger partial charge is 0.469 e. The molecule has 0 saturated carbocycles. The Bertz CT molecular complexity index is 456. The number of nitrogens with two attached hydrogens (primary N) is 1. The van der Waals surface area contributed by atoms with Crippen LogP contribution in [0.3, 0.4) is 0 Å². The first-order chi connectivity index (χ1) is 7.78. The zero-order valence-corrected chi connectivity index (χ0v) is 8.80. The van der Waals surface area contributed by atoms with Gasteiger partial charge in [-0.2, -0.15) is 4.98 Å². The minimum atomic E-state index is 0.327. The minimum absolute atomic E-state index is 0.327. The molecular formula is C10H12N4O2. The molecule has 2 heterocycles. The lowest BCUT2D eigenvalue weighted by Gasteiger charge is -2.06. The first kappa shape index (κ1) is 10.4. The van der Waals surface area contributed by atoms with Crippen LogP contribution in [0, 0.1) is 6.92 Å². The number of ether oxygens (including phenoxy) is 1. The van der Waals surface area contributed by atoms with Crippen molar-refractivity contribution in [3.05, 3.63) is 36.0 Å². The van der Waals surface area contributed by atoms with Gasteiger partial charge < -0.3 is 14.6 Å². The van der Waals surface area contributed by atoms with E-state index in [1.165, 1.54) is 0 Å². The summed E-state index contributed by atoms with van der Waals surface area (Å²) >= 11 is 0. The molecule has 0 aliphatic rings. The second-order valence-corrected chi connectivity index (χ2v) is 3.15. The van der Waals surface area contributed by atoms with Gasteiger partial charge in [0.05, 0.1) is 6.26 Å². The van der Waals surface area contributed by atoms with Crippen molar-refractivity contribution in [1.29, 1.82) is 0 Å². The van der Waals surface area contributed by atoms with E-state index in [1.807, 2.05) is 6.07 Å². The topological polar surface area (TPSA) is 86.2 Å². The third-order valence-corrected chi connectivity index (χ3v) is 1.90. The van der Waals surface area contributed by atoms with E-state index in [1.54, 1.807) is 25.3 Å². The van der Waals surface area contributed by atoms with Crippen molar-refractivity contribution in [3.63, 3.8) is 0 Å². The summed E-state index contributed by atoms with van der Waals surface area (Å²) in [5.74, 6) is 7.56. The molecule has 2 aromatic heterocycles. The van der Waals surface area contributed by atoms with Gasteiger partial charge in [-0.3, -0.25) is 0 Å². The van der Waals surface area contributed by atoms with Gasteiger partial charge in [-0.15, -0.1) is 0 Å². The van der Waals surface area contributed by atoms with Crippen molar-refractivity contribution in [2.45, 2.75) is 13.5 Å². The summed E-state index contributed by atoms with van der Waals surface area (Å²) in [6, 6.07) is 5.25. The molecule has 2 rings (SSSR count). The van der Waals surface area contributed by atoms with Crippen molar-refractivity contribution in [2.75, 3.05) is 5.43 Å². The van der Waals surface area contributed by atoms with Crippen LogP contribution in [0.5, 0.6) is 5.88 Å². The van der Waals surface area contributed by atoms with Crippen LogP contribution in [0.25, 0.3) is 0 Å². The second kappa shape index (κ2) is 4.63. The molecule has 0 fully saturated rings. The second-order valence-electron chi connectivity index (χ2n) is 3.15. The third-order valence-electron chi connectivity index (χ3n) is 1.90. The predicted octanol–water partition coefficient (Wildman–Crippen LogP) is 1.24. The van der Waals surface area contributed by atoms with E-state index in [9.17, 15) is 0 Å². The molecule has 3 N–H and O–H groups in total. The van der Waals surface area contributed by atoms with Gasteiger partial charge in [0.25, 0.3) is 0 Å². The standard InChI is InChI=1S/C10H12N4O2/c1-7-12-9(14-11)5-10(13-7)16-6-8-3-2-4-15-8/h2-5H,6,11H2,1H3,(H,12,13,14). The Hall–Kier alpha value is -2.08. The predicted molar refractivity (Wildman–Crippen MR) is 57.6 cm³/mol. The maximum absolute atomic E-state index is 5.43. The lowest BCUT2D eigenvalue weighted by atomic mass is 10.5. The van der Waals surface area contributed by atoms with Gasteiger partial charge in [-0.05, 0) is 19.1 Å². The Labute approximate surface area is 92.4 Å². The summed E-state index contributed by atoms with van der Waals surface area (Å²) in [5, 5.41) is 0. The lowest BCUT2D eigenvalue weighted by Crippen LogP contribution is -2.10. The van der Waals surface area contributed by atoms with Crippen LogP contribution in [0.4, 0.5) is 5.82 Å². The zero-order chi connectivity index (χ0) is 11.4. The number of anilines is 1. The normalized spacial score (nSPS) is 10.1. The quantitative estimate of drug-likeness (QED) is 0.595. The molecule has 6 heteroatoms. The van der Waals surface area contributed by atoms with Crippen molar-refractivity contribution in [2.24, 2.45) is 5.84 Å². The summed E-state index contributed by atoms with van der Waals surface area (Å²) in [5.41, 5.74) is 2.45. The van der Waals surface area contributed by atoms with Crippen molar-refractivity contribution < 1.29 is 9.15 Å². The summed E-state index contributed by atoms with van der Waals surface area (Å²) in [4.78, 5) is 8.16. The Morgan fingerprint density at radius 2 is 2.38 bits per heavy atom. The fourth-order valence-corrected chi connectivity index (χ4v) is 1.23. The molecule has 0 aliphatic carbocycles. The molecule has 0 aromatic carbocycles. The Morgan fingerprint density at radius 1 is 1.50 bits per heavy atom. The molecule has 0 bridgehead atoms. The maximum atomic E-state index is 5.43. The number of aromatic nitrogens is 2. The third kappa shape index (κ3) is 2.48. The van der Waals surface area contributed by atoms with Crippen molar-refractivity contribution in [3.8, 4) is 5.88 Å². The fourth-order valence-electron chi connectivity index (χ4n) is 1.23. The van der Waals surface area contributed by atoms with Crippen LogP contribution in [-0.2, 0) is 6.61 Å². The lowest BCUT2D eigenvalue weighted by molar-refractivity contribution is 0.260. The molecule has 0 unspecified atom stereocenters. The van der Waals surface area contributed by atoms with E-state index < -0.39 is 0 Å². The molecule has 2 aromatic rings. The molecule has 6 nitrogen and oxygen atoms in total. The van der Waals surface area contributed by atoms with Gasteiger partial charge in [0.2, 0.25) is 5.88 Å². The van der Waals surface area contributed by atoms with Crippen LogP contribution >= 0.6 is 0 Å². The Morgan fingerprint density at radius 3 is 3.06 bits per heavy atom. The Balaban J connectivity index is 2.06. The van der Waals surface area contributed by atoms with E-state index in [-0.39, 0.29) is 0 Å². The molecule has 0 amide bonds. The highest BCUT2D eigenvalue weighted by molar-refractivity contribution is 5.36. The number of hydrogen-bond donors (Lipinski definition) is 2. The summed E-state index contributed by atoms with van der Waals surface area (Å²) in [7, 11) is 0. The summed E-state index contributed by atoms with van der Waals surface area (Å²) in [6.07, 6.45) is 1.59. The molecule has 16 heavy (non-hydrogen) atoms. The number of nitrogens with one attached hydrogen (secondary N) is 1. The van der Waals surface area contributed by atoms with Crippen molar-refractivity contribution >= 4 is 5.82 Å². The summed E-state index contributed by atoms with van der Waals surface area (Å²) < 4.78 is 10.6. The first-order valence-corrected chi connectivity index (χ1v) is 4.75. The van der Waals surface area contributed by atoms with E-state index in [0.29, 0.717) is 24.1 Å². The van der Waals surface area contributed by atoms with Gasteiger partial charge in [0, 0.05) is 6.07 Å². The number of hydrogen-bond acceptors (Lipinski definition) is 6. The SMILES string of the molecule is Cc1nc(NN)cc(OCc2ccco2)n1. The highest BCUT2D eigenvalue weighted by Gasteiger charge is 2.03. The first-order valence-electron chi connectivity index (χ1n) is 4.75. The molecular weight excluding hydrogens is 208 g/mol. The van der Waals surface area contributed by atoms with Crippen molar-refractivity contribution in [1.82, 2.24) is 9.97 Å². The van der Waals surface area contributed by atoms with E-state index in [0.717, 1.165) is 5.76 Å². The highest BCUT2D eigenvalue weighted by atomic mass is 16.5. The van der Waals surface area contributed by atoms with Crippen LogP contribution in [0.2, 0.25) is 0 Å². The highest BCUT2D eigenvalue weighted by Crippen LogP contribution is 2.14. The van der Waals surface area contributed by atoms with Crippen LogP contribution in [0.15, 0.2) is 28.9 Å². The van der Waals surface area contributed by atoms with E-state index >= 15 is 0 Å².